The second-order valence-electron chi connectivity index (χ2n) is 12.7. The number of nitrogens with one attached hydrogen (secondary N) is 2. The summed E-state index contributed by atoms with van der Waals surface area (Å²) in [7, 11) is 0. The number of nitro benzene ring substituents is 1. The van der Waals surface area contributed by atoms with Gasteiger partial charge in [0.25, 0.3) is 11.6 Å². The molecule has 1 aromatic heterocycles. The van der Waals surface area contributed by atoms with Gasteiger partial charge in [-0.15, -0.1) is 11.8 Å². The third-order valence-corrected chi connectivity index (χ3v) is 12.8. The zero-order chi connectivity index (χ0) is 35.1. The lowest BCUT2D eigenvalue weighted by molar-refractivity contribution is -0.384. The van der Waals surface area contributed by atoms with Gasteiger partial charge in [-0.3, -0.25) is 34.2 Å². The predicted octanol–water partition coefficient (Wildman–Crippen LogP) is 6.06. The van der Waals surface area contributed by atoms with Crippen molar-refractivity contribution in [3.63, 3.8) is 0 Å². The van der Waals surface area contributed by atoms with Gasteiger partial charge in [0.1, 0.15) is 5.75 Å². The maximum absolute atomic E-state index is 14.0. The number of fused-ring (bicyclic) bond motifs is 9. The molecule has 3 heterocycles. The van der Waals surface area contributed by atoms with Crippen LogP contribution < -0.4 is 19.8 Å². The molecule has 2 bridgehead atoms. The van der Waals surface area contributed by atoms with Gasteiger partial charge in [-0.05, 0) is 54.5 Å². The lowest BCUT2D eigenvalue weighted by atomic mass is 9.68. The molecule has 3 fully saturated rings. The number of hydrogen-bond acceptors (Lipinski definition) is 9. The van der Waals surface area contributed by atoms with Crippen LogP contribution in [-0.4, -0.2) is 39.5 Å². The van der Waals surface area contributed by atoms with Crippen molar-refractivity contribution >= 4 is 57.9 Å². The molecule has 16 heteroatoms. The van der Waals surface area contributed by atoms with Crippen molar-refractivity contribution < 1.29 is 37.2 Å². The van der Waals surface area contributed by atoms with E-state index in [9.17, 15) is 42.5 Å². The van der Waals surface area contributed by atoms with Crippen LogP contribution in [0, 0.1) is 39.7 Å². The maximum Gasteiger partial charge on any atom is 0.418 e. The number of rotatable bonds is 7. The van der Waals surface area contributed by atoms with Crippen LogP contribution in [0.1, 0.15) is 28.3 Å². The number of carbonyl (C=O) groups excluding carboxylic acids is 3. The van der Waals surface area contributed by atoms with E-state index in [4.69, 9.17) is 4.74 Å². The van der Waals surface area contributed by atoms with Crippen LogP contribution in [-0.2, 0) is 20.6 Å². The van der Waals surface area contributed by atoms with E-state index in [0.717, 1.165) is 33.2 Å². The van der Waals surface area contributed by atoms with Crippen LogP contribution in [0.4, 0.5) is 30.2 Å². The van der Waals surface area contributed by atoms with E-state index in [0.29, 0.717) is 22.8 Å². The first kappa shape index (κ1) is 32.3. The number of imide groups is 1. The SMILES string of the molecule is O=C(COc1ccccc1[C@@H]1c2sc(=O)[nH]c2S[C@@H]2[C@@H]3C[C@@H]([C@@H]4C(=O)N(c5ccc([N+](=O)[O-])cc5)C(=O)[C@@H]34)[C@H]12)Nc1ccccc1C(F)(F)F. The third-order valence-electron chi connectivity index (χ3n) is 10.2. The fourth-order valence-electron chi connectivity index (χ4n) is 8.38. The number of halogens is 3. The first-order chi connectivity index (χ1) is 23.9. The highest BCUT2D eigenvalue weighted by Gasteiger charge is 2.70. The van der Waals surface area contributed by atoms with Gasteiger partial charge in [0.05, 0.1) is 38.7 Å². The molecule has 2 saturated carbocycles. The van der Waals surface area contributed by atoms with Crippen LogP contribution in [0.15, 0.2) is 82.6 Å². The molecule has 8 rings (SSSR count). The number of para-hydroxylation sites is 2. The largest absolute Gasteiger partial charge is 0.483 e. The van der Waals surface area contributed by atoms with Crippen LogP contribution >= 0.6 is 23.1 Å². The summed E-state index contributed by atoms with van der Waals surface area (Å²) in [5.41, 5.74) is -0.634. The highest BCUT2D eigenvalue weighted by Crippen LogP contribution is 2.69. The third kappa shape index (κ3) is 5.11. The molecule has 2 aliphatic heterocycles. The van der Waals surface area contributed by atoms with Gasteiger partial charge in [-0.2, -0.15) is 13.2 Å². The number of thiazole rings is 1. The van der Waals surface area contributed by atoms with E-state index in [2.05, 4.69) is 10.3 Å². The summed E-state index contributed by atoms with van der Waals surface area (Å²) in [6.07, 6.45) is -4.06. The molecule has 7 atom stereocenters. The molecular formula is C34H25F3N4O7S2. The molecule has 4 aromatic rings. The molecule has 0 spiro atoms. The molecule has 2 N–H and O–H groups in total. The minimum atomic E-state index is -4.67. The number of hydrogen-bond donors (Lipinski definition) is 2. The fraction of sp³-hybridized carbons (Fsp3) is 0.294. The van der Waals surface area contributed by atoms with Crippen LogP contribution in [0.25, 0.3) is 0 Å². The van der Waals surface area contributed by atoms with Gasteiger partial charge in [-0.1, -0.05) is 41.7 Å². The Morgan fingerprint density at radius 2 is 1.66 bits per heavy atom. The monoisotopic (exact) mass is 722 g/mol. The lowest BCUT2D eigenvalue weighted by Gasteiger charge is -2.43. The fourth-order valence-corrected chi connectivity index (χ4v) is 11.3. The Kier molecular flexibility index (Phi) is 7.63. The summed E-state index contributed by atoms with van der Waals surface area (Å²) in [5.74, 6) is -3.50. The van der Waals surface area contributed by atoms with Crippen molar-refractivity contribution in [1.82, 2.24) is 4.98 Å². The number of non-ortho nitro benzene ring substituents is 1. The molecule has 50 heavy (non-hydrogen) atoms. The van der Waals surface area contributed by atoms with Crippen molar-refractivity contribution in [2.75, 3.05) is 16.8 Å². The molecule has 4 aliphatic rings. The predicted molar refractivity (Wildman–Crippen MR) is 176 cm³/mol. The molecule has 0 radical (unpaired) electrons. The number of amides is 3. The van der Waals surface area contributed by atoms with E-state index >= 15 is 0 Å². The van der Waals surface area contributed by atoms with Crippen molar-refractivity contribution in [3.8, 4) is 5.75 Å². The highest BCUT2D eigenvalue weighted by atomic mass is 32.2. The number of anilines is 2. The van der Waals surface area contributed by atoms with Gasteiger partial charge in [0, 0.05) is 33.7 Å². The first-order valence-electron chi connectivity index (χ1n) is 15.6. The molecule has 3 amide bonds. The van der Waals surface area contributed by atoms with E-state index in [-0.39, 0.29) is 51.1 Å². The summed E-state index contributed by atoms with van der Waals surface area (Å²) < 4.78 is 46.5. The number of H-pyrrole nitrogens is 1. The quantitative estimate of drug-likeness (QED) is 0.133. The number of benzene rings is 3. The van der Waals surface area contributed by atoms with Gasteiger partial charge in [0.15, 0.2) is 6.61 Å². The van der Waals surface area contributed by atoms with Crippen molar-refractivity contribution in [2.24, 2.45) is 29.6 Å². The molecule has 3 aromatic carbocycles. The molecule has 2 aliphatic carbocycles. The second kappa shape index (κ2) is 11.8. The summed E-state index contributed by atoms with van der Waals surface area (Å²) >= 11 is 2.54. The standard InChI is InChI=1S/C34H25F3N4O7S2/c35-34(36,37)20-6-2-3-7-21(20)38-23(42)14-48-22-8-4-1-5-17(22)24-25-18-13-19(28(25)49-30-29(24)50-33(45)39-30)27-26(18)31(43)40(32(27)44)15-9-11-16(12-10-15)41(46)47/h1-12,18-19,24-28H,13-14H2,(H,38,42)(H,39,45)/t18-,19-,24+,25-,26+,27+,28-/m1/s1. The average Bonchev–Trinajstić information content (AvgIpc) is 3.82. The average molecular weight is 723 g/mol. The van der Waals surface area contributed by atoms with Crippen LogP contribution in [0.3, 0.4) is 0 Å². The molecule has 256 valence electrons. The molecule has 11 nitrogen and oxygen atoms in total. The van der Waals surface area contributed by atoms with Crippen LogP contribution in [0.2, 0.25) is 0 Å². The highest BCUT2D eigenvalue weighted by molar-refractivity contribution is 8.00. The topological polar surface area (TPSA) is 152 Å². The Morgan fingerprint density at radius 3 is 2.38 bits per heavy atom. The number of carbonyl (C=O) groups is 3. The zero-order valence-corrected chi connectivity index (χ0v) is 27.2. The summed E-state index contributed by atoms with van der Waals surface area (Å²) in [4.78, 5) is 68.6. The summed E-state index contributed by atoms with van der Waals surface area (Å²) in [5, 5.41) is 14.0. The minimum absolute atomic E-state index is 0.146. The zero-order valence-electron chi connectivity index (χ0n) is 25.6. The van der Waals surface area contributed by atoms with E-state index in [1.165, 1.54) is 48.2 Å². The van der Waals surface area contributed by atoms with E-state index in [1.807, 2.05) is 6.07 Å². The number of alkyl halides is 3. The Bertz CT molecular complexity index is 2140. The van der Waals surface area contributed by atoms with Gasteiger partial charge in [-0.25, -0.2) is 0 Å². The lowest BCUT2D eigenvalue weighted by Crippen LogP contribution is -2.42. The number of nitrogens with zero attached hydrogens (tertiary/aromatic N) is 2. The number of aromatic nitrogens is 1. The smallest absolute Gasteiger partial charge is 0.418 e. The number of thioether (sulfide) groups is 1. The van der Waals surface area contributed by atoms with Crippen molar-refractivity contribution in [1.29, 1.82) is 0 Å². The normalized spacial score (nSPS) is 26.4. The molecule has 1 saturated heterocycles. The maximum atomic E-state index is 14.0. The van der Waals surface area contributed by atoms with Crippen molar-refractivity contribution in [3.05, 3.63) is 109 Å². The summed E-state index contributed by atoms with van der Waals surface area (Å²) in [6.45, 7) is -0.594. The van der Waals surface area contributed by atoms with Crippen molar-refractivity contribution in [2.45, 2.75) is 28.8 Å². The minimum Gasteiger partial charge on any atom is -0.483 e. The molecular weight excluding hydrogens is 698 g/mol. The Labute approximate surface area is 289 Å². The van der Waals surface area contributed by atoms with Crippen LogP contribution in [0.5, 0.6) is 5.75 Å². The van der Waals surface area contributed by atoms with Gasteiger partial charge in [0.2, 0.25) is 11.8 Å². The first-order valence-corrected chi connectivity index (χ1v) is 17.3. The number of aromatic amines is 1. The Hall–Kier alpha value is -4.96. The summed E-state index contributed by atoms with van der Waals surface area (Å²) in [6, 6.07) is 16.9. The van der Waals surface area contributed by atoms with Gasteiger partial charge < -0.3 is 15.0 Å². The number of nitro groups is 1. The van der Waals surface area contributed by atoms with Gasteiger partial charge >= 0.3 is 11.0 Å². The number of ether oxygens (including phenoxy) is 1. The Balaban J connectivity index is 1.10. The Morgan fingerprint density at radius 1 is 0.980 bits per heavy atom. The second-order valence-corrected chi connectivity index (χ2v) is 14.9. The van der Waals surface area contributed by atoms with E-state index < -0.39 is 52.6 Å². The molecule has 0 unspecified atom stereocenters. The van der Waals surface area contributed by atoms with E-state index in [1.54, 1.807) is 18.2 Å².